The third-order valence-electron chi connectivity index (χ3n) is 2.20. The first-order chi connectivity index (χ1) is 7.70. The smallest absolute Gasteiger partial charge is 0.141 e. The summed E-state index contributed by atoms with van der Waals surface area (Å²) < 4.78 is 5.92. The summed E-state index contributed by atoms with van der Waals surface area (Å²) in [6.45, 7) is 0. The summed E-state index contributed by atoms with van der Waals surface area (Å²) in [6.07, 6.45) is 0. The number of aromatic hydroxyl groups is 1. The number of ether oxygens (including phenoxy) is 1. The van der Waals surface area contributed by atoms with Gasteiger partial charge in [0.2, 0.25) is 0 Å². The Bertz CT molecular complexity index is 497. The van der Waals surface area contributed by atoms with Gasteiger partial charge in [-0.05, 0) is 59.0 Å². The topological polar surface area (TPSA) is 42.4 Å². The summed E-state index contributed by atoms with van der Waals surface area (Å²) in [5.74, 6) is 0.972. The van der Waals surface area contributed by atoms with E-state index in [1.165, 1.54) is 0 Å². The van der Waals surface area contributed by atoms with E-state index in [4.69, 9.17) is 4.74 Å². The van der Waals surface area contributed by atoms with E-state index in [-0.39, 0.29) is 5.75 Å². The second-order valence-electron chi connectivity index (χ2n) is 3.23. The van der Waals surface area contributed by atoms with Gasteiger partial charge in [0, 0.05) is 5.56 Å². The number of rotatable bonds is 2. The zero-order valence-corrected chi connectivity index (χ0v) is 10.8. The molecule has 0 saturated heterocycles. The molecule has 2 aromatic rings. The number of aromatic nitrogens is 1. The number of benzene rings is 1. The second kappa shape index (κ2) is 4.69. The van der Waals surface area contributed by atoms with Crippen molar-refractivity contribution in [1.29, 1.82) is 0 Å². The fourth-order valence-electron chi connectivity index (χ4n) is 1.39. The van der Waals surface area contributed by atoms with E-state index in [0.717, 1.165) is 15.0 Å². The van der Waals surface area contributed by atoms with Gasteiger partial charge in [-0.3, -0.25) is 0 Å². The lowest BCUT2D eigenvalue weighted by Crippen LogP contribution is -1.88. The van der Waals surface area contributed by atoms with E-state index in [1.54, 1.807) is 19.2 Å². The van der Waals surface area contributed by atoms with Crippen LogP contribution in [-0.2, 0) is 0 Å². The minimum Gasteiger partial charge on any atom is -0.506 e. The van der Waals surface area contributed by atoms with Gasteiger partial charge >= 0.3 is 0 Å². The Morgan fingerprint density at radius 2 is 1.81 bits per heavy atom. The van der Waals surface area contributed by atoms with Crippen molar-refractivity contribution >= 4 is 22.6 Å². The Morgan fingerprint density at radius 3 is 2.44 bits per heavy atom. The highest BCUT2D eigenvalue weighted by molar-refractivity contribution is 14.1. The van der Waals surface area contributed by atoms with Gasteiger partial charge in [-0.15, -0.1) is 0 Å². The van der Waals surface area contributed by atoms with E-state index < -0.39 is 0 Å². The van der Waals surface area contributed by atoms with Crippen molar-refractivity contribution in [2.24, 2.45) is 0 Å². The van der Waals surface area contributed by atoms with Crippen LogP contribution in [-0.4, -0.2) is 17.2 Å². The molecule has 3 nitrogen and oxygen atoms in total. The molecule has 0 atom stereocenters. The molecule has 0 bridgehead atoms. The molecule has 16 heavy (non-hydrogen) atoms. The molecule has 0 aliphatic rings. The molecule has 0 spiro atoms. The third kappa shape index (κ3) is 2.27. The van der Waals surface area contributed by atoms with Gasteiger partial charge in [-0.1, -0.05) is 0 Å². The van der Waals surface area contributed by atoms with E-state index in [9.17, 15) is 5.11 Å². The SMILES string of the molecule is COc1ccc(-c2nc(I)ccc2O)cc1. The molecule has 1 aromatic heterocycles. The summed E-state index contributed by atoms with van der Waals surface area (Å²) >= 11 is 2.12. The fraction of sp³-hybridized carbons (Fsp3) is 0.0833. The van der Waals surface area contributed by atoms with Crippen molar-refractivity contribution in [2.45, 2.75) is 0 Å². The molecule has 0 saturated carbocycles. The van der Waals surface area contributed by atoms with Crippen molar-refractivity contribution in [2.75, 3.05) is 7.11 Å². The van der Waals surface area contributed by atoms with Crippen LogP contribution in [0.15, 0.2) is 36.4 Å². The van der Waals surface area contributed by atoms with E-state index >= 15 is 0 Å². The number of nitrogens with zero attached hydrogens (tertiary/aromatic N) is 1. The maximum Gasteiger partial charge on any atom is 0.141 e. The molecular weight excluding hydrogens is 317 g/mol. The standard InChI is InChI=1S/C12H10INO2/c1-16-9-4-2-8(3-5-9)12-10(15)6-7-11(13)14-12/h2-7,15H,1H3. The molecule has 1 heterocycles. The van der Waals surface area contributed by atoms with Gasteiger partial charge in [0.05, 0.1) is 7.11 Å². The van der Waals surface area contributed by atoms with Gasteiger partial charge in [-0.2, -0.15) is 0 Å². The largest absolute Gasteiger partial charge is 0.506 e. The van der Waals surface area contributed by atoms with Crippen molar-refractivity contribution in [3.05, 3.63) is 40.1 Å². The quantitative estimate of drug-likeness (QED) is 0.681. The highest BCUT2D eigenvalue weighted by Crippen LogP contribution is 2.28. The molecule has 1 aromatic carbocycles. The number of pyridine rings is 1. The van der Waals surface area contributed by atoms with Crippen LogP contribution in [0.2, 0.25) is 0 Å². The highest BCUT2D eigenvalue weighted by Gasteiger charge is 2.06. The first-order valence-corrected chi connectivity index (χ1v) is 5.78. The lowest BCUT2D eigenvalue weighted by atomic mass is 10.1. The van der Waals surface area contributed by atoms with Crippen molar-refractivity contribution in [3.8, 4) is 22.8 Å². The minimum atomic E-state index is 0.186. The molecule has 4 heteroatoms. The number of halogens is 1. The normalized spacial score (nSPS) is 10.1. The average molecular weight is 327 g/mol. The second-order valence-corrected chi connectivity index (χ2v) is 4.34. The van der Waals surface area contributed by atoms with Crippen LogP contribution in [0.1, 0.15) is 0 Å². The van der Waals surface area contributed by atoms with E-state index in [0.29, 0.717) is 5.69 Å². The van der Waals surface area contributed by atoms with Crippen molar-refractivity contribution in [3.63, 3.8) is 0 Å². The third-order valence-corrected chi connectivity index (χ3v) is 2.80. The zero-order chi connectivity index (χ0) is 11.5. The van der Waals surface area contributed by atoms with E-state index in [1.807, 2.05) is 24.3 Å². The number of hydrogen-bond acceptors (Lipinski definition) is 3. The van der Waals surface area contributed by atoms with Crippen LogP contribution >= 0.6 is 22.6 Å². The summed E-state index contributed by atoms with van der Waals surface area (Å²) in [5, 5.41) is 9.72. The first-order valence-electron chi connectivity index (χ1n) is 4.70. The zero-order valence-electron chi connectivity index (χ0n) is 8.64. The van der Waals surface area contributed by atoms with Crippen molar-refractivity contribution < 1.29 is 9.84 Å². The van der Waals surface area contributed by atoms with Gasteiger partial charge in [-0.25, -0.2) is 4.98 Å². The number of methoxy groups -OCH3 is 1. The summed E-state index contributed by atoms with van der Waals surface area (Å²) in [4.78, 5) is 4.29. The van der Waals surface area contributed by atoms with Crippen LogP contribution in [0.25, 0.3) is 11.3 Å². The molecule has 82 valence electrons. The minimum absolute atomic E-state index is 0.186. The highest BCUT2D eigenvalue weighted by atomic mass is 127. The van der Waals surface area contributed by atoms with Crippen LogP contribution in [0, 0.1) is 3.70 Å². The Kier molecular flexibility index (Phi) is 3.28. The van der Waals surface area contributed by atoms with E-state index in [2.05, 4.69) is 27.6 Å². The van der Waals surface area contributed by atoms with Crippen molar-refractivity contribution in [1.82, 2.24) is 4.98 Å². The predicted molar refractivity (Wildman–Crippen MR) is 70.6 cm³/mol. The molecule has 0 aliphatic carbocycles. The first kappa shape index (κ1) is 11.2. The Labute approximate surface area is 107 Å². The Morgan fingerprint density at radius 1 is 1.12 bits per heavy atom. The van der Waals surface area contributed by atoms with Gasteiger partial charge < -0.3 is 9.84 Å². The summed E-state index contributed by atoms with van der Waals surface area (Å²) in [6, 6.07) is 10.8. The molecule has 2 rings (SSSR count). The Balaban J connectivity index is 2.45. The molecule has 0 fully saturated rings. The molecule has 0 unspecified atom stereocenters. The summed E-state index contributed by atoms with van der Waals surface area (Å²) in [5.41, 5.74) is 1.46. The molecule has 0 aliphatic heterocycles. The molecule has 0 amide bonds. The summed E-state index contributed by atoms with van der Waals surface area (Å²) in [7, 11) is 1.62. The van der Waals surface area contributed by atoms with Gasteiger partial charge in [0.15, 0.2) is 0 Å². The van der Waals surface area contributed by atoms with Crippen LogP contribution in [0.5, 0.6) is 11.5 Å². The lowest BCUT2D eigenvalue weighted by molar-refractivity contribution is 0.415. The monoisotopic (exact) mass is 327 g/mol. The van der Waals surface area contributed by atoms with Crippen LogP contribution < -0.4 is 4.74 Å². The predicted octanol–water partition coefficient (Wildman–Crippen LogP) is 3.07. The van der Waals surface area contributed by atoms with Gasteiger partial charge in [0.25, 0.3) is 0 Å². The van der Waals surface area contributed by atoms with Crippen LogP contribution in [0.4, 0.5) is 0 Å². The maximum atomic E-state index is 9.72. The fourth-order valence-corrected chi connectivity index (χ4v) is 1.81. The number of hydrogen-bond donors (Lipinski definition) is 1. The van der Waals surface area contributed by atoms with Gasteiger partial charge in [0.1, 0.15) is 20.9 Å². The molecule has 1 N–H and O–H groups in total. The molecule has 0 radical (unpaired) electrons. The Hall–Kier alpha value is -1.30. The van der Waals surface area contributed by atoms with Crippen LogP contribution in [0.3, 0.4) is 0 Å². The maximum absolute atomic E-state index is 9.72. The lowest BCUT2D eigenvalue weighted by Gasteiger charge is -2.05. The average Bonchev–Trinajstić information content (AvgIpc) is 2.32. The molecular formula is C12H10INO2.